The number of hydrogen-bond acceptors (Lipinski definition) is 5. The molecule has 0 radical (unpaired) electrons. The molecule has 1 saturated heterocycles. The number of halogens is 1. The Balaban J connectivity index is 1.61. The Hall–Kier alpha value is -3.43. The van der Waals surface area contributed by atoms with Crippen LogP contribution in [0, 0.1) is 5.82 Å². The summed E-state index contributed by atoms with van der Waals surface area (Å²) in [6.45, 7) is 6.39. The summed E-state index contributed by atoms with van der Waals surface area (Å²) in [6.07, 6.45) is 2.09. The van der Waals surface area contributed by atoms with Crippen LogP contribution in [0.4, 0.5) is 19.8 Å². The third-order valence-electron chi connectivity index (χ3n) is 5.44. The number of ether oxygens (including phenoxy) is 1. The highest BCUT2D eigenvalue weighted by Crippen LogP contribution is 2.34. The van der Waals surface area contributed by atoms with Crippen molar-refractivity contribution in [2.24, 2.45) is 7.05 Å². The topological polar surface area (TPSA) is 96.8 Å². The Kier molecular flexibility index (Phi) is 5.39. The van der Waals surface area contributed by atoms with Gasteiger partial charge in [0.25, 0.3) is 0 Å². The second-order valence-electron chi connectivity index (χ2n) is 8.93. The normalized spacial score (nSPS) is 17.5. The molecule has 0 atom stereocenters. The number of carbonyl (C=O) groups is 3. The first-order valence-corrected chi connectivity index (χ1v) is 10.5. The molecule has 4 amide bonds. The fourth-order valence-electron chi connectivity index (χ4n) is 3.93. The van der Waals surface area contributed by atoms with Crippen LogP contribution in [-0.4, -0.2) is 57.9 Å². The van der Waals surface area contributed by atoms with Gasteiger partial charge >= 0.3 is 12.1 Å². The number of carbonyl (C=O) groups excluding carboxylic acids is 3. The van der Waals surface area contributed by atoms with Crippen molar-refractivity contribution in [2.75, 3.05) is 24.5 Å². The van der Waals surface area contributed by atoms with Crippen LogP contribution in [0.1, 0.15) is 39.2 Å². The number of hydrogen-bond donors (Lipinski definition) is 1. The van der Waals surface area contributed by atoms with E-state index in [1.54, 1.807) is 24.1 Å². The molecule has 2 aliphatic heterocycles. The average Bonchev–Trinajstić information content (AvgIpc) is 3.04. The highest BCUT2D eigenvalue weighted by molar-refractivity contribution is 6.09. The molecule has 9 nitrogen and oxygen atoms in total. The summed E-state index contributed by atoms with van der Waals surface area (Å²) in [5.41, 5.74) is 0.939. The lowest BCUT2D eigenvalue weighted by Crippen LogP contribution is -2.49. The monoisotopic (exact) mass is 443 g/mol. The van der Waals surface area contributed by atoms with Gasteiger partial charge in [-0.25, -0.2) is 14.0 Å². The standard InChI is InChI=1S/C22H26FN5O4/c1-22(2,3)32-21(31)27-10-7-13(8-11-27)14-5-6-15-18(17(14)23)26(4)25-19(15)28-12-9-16(29)24-20(28)30/h5-7H,8-12H2,1-4H3,(H,24,29,30). The molecule has 0 saturated carbocycles. The molecule has 3 heterocycles. The summed E-state index contributed by atoms with van der Waals surface area (Å²) >= 11 is 0. The molecule has 1 aromatic carbocycles. The molecule has 32 heavy (non-hydrogen) atoms. The fourth-order valence-corrected chi connectivity index (χ4v) is 3.93. The van der Waals surface area contributed by atoms with Crippen LogP contribution in [0.5, 0.6) is 0 Å². The average molecular weight is 443 g/mol. The molecular weight excluding hydrogens is 417 g/mol. The molecule has 10 heteroatoms. The summed E-state index contributed by atoms with van der Waals surface area (Å²) in [6, 6.07) is 2.84. The minimum Gasteiger partial charge on any atom is -0.444 e. The Bertz CT molecular complexity index is 1150. The number of anilines is 1. The zero-order valence-corrected chi connectivity index (χ0v) is 18.6. The van der Waals surface area contributed by atoms with E-state index >= 15 is 4.39 Å². The van der Waals surface area contributed by atoms with Crippen molar-refractivity contribution in [3.05, 3.63) is 29.6 Å². The van der Waals surface area contributed by atoms with E-state index in [4.69, 9.17) is 4.74 Å². The molecule has 0 spiro atoms. The third-order valence-corrected chi connectivity index (χ3v) is 5.44. The molecular formula is C22H26FN5O4. The molecule has 1 aromatic heterocycles. The first-order valence-electron chi connectivity index (χ1n) is 10.5. The predicted octanol–water partition coefficient (Wildman–Crippen LogP) is 3.18. The molecule has 1 N–H and O–H groups in total. The van der Waals surface area contributed by atoms with E-state index in [-0.39, 0.29) is 24.4 Å². The molecule has 0 aliphatic carbocycles. The number of fused-ring (bicyclic) bond motifs is 1. The molecule has 1 fully saturated rings. The predicted molar refractivity (Wildman–Crippen MR) is 117 cm³/mol. The Morgan fingerprint density at radius 1 is 1.19 bits per heavy atom. The van der Waals surface area contributed by atoms with Gasteiger partial charge in [0.1, 0.15) is 11.1 Å². The number of amides is 4. The lowest BCUT2D eigenvalue weighted by atomic mass is 9.97. The van der Waals surface area contributed by atoms with Gasteiger partial charge < -0.3 is 9.64 Å². The van der Waals surface area contributed by atoms with Gasteiger partial charge in [-0.3, -0.25) is 19.7 Å². The second-order valence-corrected chi connectivity index (χ2v) is 8.93. The lowest BCUT2D eigenvalue weighted by molar-refractivity contribution is -0.120. The lowest BCUT2D eigenvalue weighted by Gasteiger charge is -2.29. The molecule has 2 aliphatic rings. The van der Waals surface area contributed by atoms with Crippen molar-refractivity contribution in [2.45, 2.75) is 39.2 Å². The highest BCUT2D eigenvalue weighted by atomic mass is 19.1. The van der Waals surface area contributed by atoms with Crippen LogP contribution < -0.4 is 10.2 Å². The van der Waals surface area contributed by atoms with E-state index in [1.165, 1.54) is 9.58 Å². The second kappa shape index (κ2) is 7.92. The minimum atomic E-state index is -0.575. The van der Waals surface area contributed by atoms with Gasteiger partial charge in [-0.1, -0.05) is 12.1 Å². The summed E-state index contributed by atoms with van der Waals surface area (Å²) in [5.74, 6) is -0.467. The molecule has 4 rings (SSSR count). The third kappa shape index (κ3) is 4.04. The maximum absolute atomic E-state index is 15.6. The van der Waals surface area contributed by atoms with Crippen LogP contribution in [0.15, 0.2) is 18.2 Å². The SMILES string of the molecule is Cn1nc(N2CCC(=O)NC2=O)c2ccc(C3=CCN(C(=O)OC(C)(C)C)CC3)c(F)c21. The van der Waals surface area contributed by atoms with Crippen LogP contribution >= 0.6 is 0 Å². The van der Waals surface area contributed by atoms with Crippen LogP contribution in [0.25, 0.3) is 16.5 Å². The minimum absolute atomic E-state index is 0.158. The van der Waals surface area contributed by atoms with Crippen LogP contribution in [0.2, 0.25) is 0 Å². The first kappa shape index (κ1) is 21.8. The zero-order chi connectivity index (χ0) is 23.2. The van der Waals surface area contributed by atoms with E-state index in [1.807, 2.05) is 26.8 Å². The Morgan fingerprint density at radius 2 is 1.94 bits per heavy atom. The number of aryl methyl sites for hydroxylation is 1. The number of nitrogens with one attached hydrogen (secondary N) is 1. The van der Waals surface area contributed by atoms with Crippen LogP contribution in [-0.2, 0) is 16.6 Å². The number of nitrogens with zero attached hydrogens (tertiary/aromatic N) is 4. The van der Waals surface area contributed by atoms with Crippen molar-refractivity contribution >= 4 is 40.3 Å². The summed E-state index contributed by atoms with van der Waals surface area (Å²) in [4.78, 5) is 38.9. The smallest absolute Gasteiger partial charge is 0.410 e. The van der Waals surface area contributed by atoms with Crippen molar-refractivity contribution in [3.8, 4) is 0 Å². The Morgan fingerprint density at radius 3 is 2.56 bits per heavy atom. The van der Waals surface area contributed by atoms with E-state index in [0.29, 0.717) is 36.3 Å². The van der Waals surface area contributed by atoms with Crippen molar-refractivity contribution in [3.63, 3.8) is 0 Å². The highest BCUT2D eigenvalue weighted by Gasteiger charge is 2.30. The number of imide groups is 1. The van der Waals surface area contributed by atoms with E-state index in [9.17, 15) is 14.4 Å². The van der Waals surface area contributed by atoms with E-state index in [0.717, 1.165) is 5.57 Å². The summed E-state index contributed by atoms with van der Waals surface area (Å²) in [5, 5.41) is 7.10. The largest absolute Gasteiger partial charge is 0.444 e. The van der Waals surface area contributed by atoms with E-state index in [2.05, 4.69) is 10.4 Å². The van der Waals surface area contributed by atoms with Gasteiger partial charge in [-0.05, 0) is 38.8 Å². The quantitative estimate of drug-likeness (QED) is 0.769. The molecule has 170 valence electrons. The Labute approximate surface area is 184 Å². The van der Waals surface area contributed by atoms with Gasteiger partial charge in [-0.2, -0.15) is 5.10 Å². The summed E-state index contributed by atoms with van der Waals surface area (Å²) in [7, 11) is 1.62. The number of urea groups is 1. The van der Waals surface area contributed by atoms with Crippen molar-refractivity contribution in [1.29, 1.82) is 0 Å². The maximum atomic E-state index is 15.6. The zero-order valence-electron chi connectivity index (χ0n) is 18.6. The van der Waals surface area contributed by atoms with Gasteiger partial charge in [0.05, 0.1) is 0 Å². The first-order chi connectivity index (χ1) is 15.0. The number of rotatable bonds is 2. The summed E-state index contributed by atoms with van der Waals surface area (Å²) < 4.78 is 22.4. The van der Waals surface area contributed by atoms with Crippen LogP contribution in [0.3, 0.4) is 0 Å². The fraction of sp³-hybridized carbons (Fsp3) is 0.455. The van der Waals surface area contributed by atoms with Gasteiger partial charge in [-0.15, -0.1) is 0 Å². The number of benzene rings is 1. The molecule has 0 unspecified atom stereocenters. The van der Waals surface area contributed by atoms with Gasteiger partial charge in [0.15, 0.2) is 11.6 Å². The molecule has 0 bridgehead atoms. The van der Waals surface area contributed by atoms with Gasteiger partial charge in [0.2, 0.25) is 5.91 Å². The van der Waals surface area contributed by atoms with E-state index < -0.39 is 23.5 Å². The van der Waals surface area contributed by atoms with Crippen molar-refractivity contribution in [1.82, 2.24) is 20.0 Å². The maximum Gasteiger partial charge on any atom is 0.410 e. The van der Waals surface area contributed by atoms with Gasteiger partial charge in [0, 0.05) is 44.1 Å². The number of aromatic nitrogens is 2. The molecule has 2 aromatic rings. The van der Waals surface area contributed by atoms with Crippen molar-refractivity contribution < 1.29 is 23.5 Å².